The minimum atomic E-state index is 0.120. The van der Waals surface area contributed by atoms with E-state index in [1.54, 1.807) is 19.0 Å². The quantitative estimate of drug-likeness (QED) is 0.645. The highest BCUT2D eigenvalue weighted by Gasteiger charge is 2.16. The average molecular weight is 158 g/mol. The molecule has 0 heterocycles. The lowest BCUT2D eigenvalue weighted by atomic mass is 10.0. The van der Waals surface area contributed by atoms with Crippen LogP contribution in [0.3, 0.4) is 0 Å². The molecular weight excluding hydrogens is 140 g/mol. The lowest BCUT2D eigenvalue weighted by Crippen LogP contribution is -2.30. The molecule has 0 radical (unpaired) electrons. The Labute approximate surface area is 68.6 Å². The van der Waals surface area contributed by atoms with Gasteiger partial charge in [-0.2, -0.15) is 0 Å². The van der Waals surface area contributed by atoms with Gasteiger partial charge < -0.3 is 10.6 Å². The van der Waals surface area contributed by atoms with Gasteiger partial charge in [0, 0.05) is 20.0 Å². The first-order chi connectivity index (χ1) is 5.13. The summed E-state index contributed by atoms with van der Waals surface area (Å²) in [5.41, 5.74) is 5.37. The minimum Gasteiger partial charge on any atom is -0.349 e. The number of nitrogens with two attached hydrogens (primary N) is 1. The van der Waals surface area contributed by atoms with Crippen LogP contribution >= 0.6 is 0 Å². The van der Waals surface area contributed by atoms with Crippen molar-refractivity contribution in [1.29, 1.82) is 0 Å². The summed E-state index contributed by atoms with van der Waals surface area (Å²) >= 11 is 0. The van der Waals surface area contributed by atoms with Crippen LogP contribution in [-0.4, -0.2) is 31.4 Å². The maximum absolute atomic E-state index is 11.3. The highest BCUT2D eigenvalue weighted by molar-refractivity contribution is 5.78. The van der Waals surface area contributed by atoms with Crippen molar-refractivity contribution in [2.75, 3.05) is 20.6 Å². The molecule has 2 N–H and O–H groups in total. The van der Waals surface area contributed by atoms with Gasteiger partial charge >= 0.3 is 0 Å². The average Bonchev–Trinajstić information content (AvgIpc) is 1.98. The van der Waals surface area contributed by atoms with Crippen LogP contribution < -0.4 is 5.73 Å². The molecule has 0 fully saturated rings. The van der Waals surface area contributed by atoms with Crippen molar-refractivity contribution in [3.63, 3.8) is 0 Å². The lowest BCUT2D eigenvalue weighted by molar-refractivity contribution is -0.133. The standard InChI is InChI=1S/C8H18N2O/c1-4-7(5-6-9)8(11)10(2)3/h7H,4-6,9H2,1-3H3. The van der Waals surface area contributed by atoms with Crippen molar-refractivity contribution in [2.24, 2.45) is 11.7 Å². The molecule has 1 unspecified atom stereocenters. The van der Waals surface area contributed by atoms with Crippen LogP contribution in [0.25, 0.3) is 0 Å². The van der Waals surface area contributed by atoms with E-state index in [1.807, 2.05) is 6.92 Å². The molecule has 0 aromatic heterocycles. The zero-order valence-electron chi connectivity index (χ0n) is 7.63. The predicted octanol–water partition coefficient (Wildman–Crippen LogP) is 0.450. The van der Waals surface area contributed by atoms with Gasteiger partial charge in [-0.25, -0.2) is 0 Å². The molecule has 0 saturated heterocycles. The Morgan fingerprint density at radius 1 is 1.55 bits per heavy atom. The van der Waals surface area contributed by atoms with Gasteiger partial charge in [0.2, 0.25) is 5.91 Å². The van der Waals surface area contributed by atoms with Crippen molar-refractivity contribution in [2.45, 2.75) is 19.8 Å². The van der Waals surface area contributed by atoms with Crippen LogP contribution in [-0.2, 0) is 4.79 Å². The monoisotopic (exact) mass is 158 g/mol. The maximum Gasteiger partial charge on any atom is 0.225 e. The molecule has 66 valence electrons. The SMILES string of the molecule is CCC(CCN)C(=O)N(C)C. The first-order valence-corrected chi connectivity index (χ1v) is 4.04. The Kier molecular flexibility index (Phi) is 4.86. The van der Waals surface area contributed by atoms with E-state index in [-0.39, 0.29) is 11.8 Å². The number of rotatable bonds is 4. The van der Waals surface area contributed by atoms with Crippen molar-refractivity contribution in [3.8, 4) is 0 Å². The van der Waals surface area contributed by atoms with Crippen LogP contribution in [0.2, 0.25) is 0 Å². The predicted molar refractivity (Wildman–Crippen MR) is 46.1 cm³/mol. The zero-order valence-corrected chi connectivity index (χ0v) is 7.63. The molecule has 0 rings (SSSR count). The summed E-state index contributed by atoms with van der Waals surface area (Å²) < 4.78 is 0. The molecule has 0 aromatic carbocycles. The second-order valence-corrected chi connectivity index (χ2v) is 2.92. The van der Waals surface area contributed by atoms with Crippen molar-refractivity contribution in [3.05, 3.63) is 0 Å². The Morgan fingerprint density at radius 2 is 2.09 bits per heavy atom. The van der Waals surface area contributed by atoms with Crippen molar-refractivity contribution >= 4 is 5.91 Å². The third kappa shape index (κ3) is 3.37. The number of carbonyl (C=O) groups is 1. The number of amides is 1. The molecular formula is C8H18N2O. The van der Waals surface area contributed by atoms with Crippen LogP contribution in [0.1, 0.15) is 19.8 Å². The summed E-state index contributed by atoms with van der Waals surface area (Å²) in [6.45, 7) is 2.61. The van der Waals surface area contributed by atoms with E-state index >= 15 is 0 Å². The molecule has 3 nitrogen and oxygen atoms in total. The van der Waals surface area contributed by atoms with Crippen molar-refractivity contribution < 1.29 is 4.79 Å². The van der Waals surface area contributed by atoms with Crippen LogP contribution in [0, 0.1) is 5.92 Å². The molecule has 0 aliphatic heterocycles. The molecule has 3 heteroatoms. The third-order valence-corrected chi connectivity index (χ3v) is 1.80. The Hall–Kier alpha value is -0.570. The van der Waals surface area contributed by atoms with Crippen LogP contribution in [0.15, 0.2) is 0 Å². The Bertz CT molecular complexity index is 123. The maximum atomic E-state index is 11.3. The Morgan fingerprint density at radius 3 is 2.36 bits per heavy atom. The number of hydrogen-bond acceptors (Lipinski definition) is 2. The fraction of sp³-hybridized carbons (Fsp3) is 0.875. The third-order valence-electron chi connectivity index (χ3n) is 1.80. The molecule has 0 saturated carbocycles. The van der Waals surface area contributed by atoms with Gasteiger partial charge in [-0.3, -0.25) is 4.79 Å². The molecule has 1 atom stereocenters. The summed E-state index contributed by atoms with van der Waals surface area (Å²) in [5.74, 6) is 0.313. The number of carbonyl (C=O) groups excluding carboxylic acids is 1. The van der Waals surface area contributed by atoms with E-state index in [0.717, 1.165) is 12.8 Å². The Balaban J connectivity index is 3.92. The minimum absolute atomic E-state index is 0.120. The molecule has 0 aliphatic rings. The van der Waals surface area contributed by atoms with E-state index in [4.69, 9.17) is 5.73 Å². The van der Waals surface area contributed by atoms with Gasteiger partial charge in [0.05, 0.1) is 0 Å². The van der Waals surface area contributed by atoms with Crippen molar-refractivity contribution in [1.82, 2.24) is 4.90 Å². The molecule has 11 heavy (non-hydrogen) atoms. The van der Waals surface area contributed by atoms with Gasteiger partial charge in [-0.05, 0) is 19.4 Å². The highest BCUT2D eigenvalue weighted by atomic mass is 16.2. The highest BCUT2D eigenvalue weighted by Crippen LogP contribution is 2.09. The van der Waals surface area contributed by atoms with E-state index in [9.17, 15) is 4.79 Å². The number of hydrogen-bond donors (Lipinski definition) is 1. The van der Waals surface area contributed by atoms with Gasteiger partial charge in [0.1, 0.15) is 0 Å². The summed E-state index contributed by atoms with van der Waals surface area (Å²) in [6.07, 6.45) is 1.68. The lowest BCUT2D eigenvalue weighted by Gasteiger charge is -2.18. The van der Waals surface area contributed by atoms with E-state index < -0.39 is 0 Å². The topological polar surface area (TPSA) is 46.3 Å². The smallest absolute Gasteiger partial charge is 0.225 e. The summed E-state index contributed by atoms with van der Waals surface area (Å²) in [6, 6.07) is 0. The second kappa shape index (κ2) is 5.13. The first-order valence-electron chi connectivity index (χ1n) is 4.04. The largest absolute Gasteiger partial charge is 0.349 e. The fourth-order valence-corrected chi connectivity index (χ4v) is 1.07. The summed E-state index contributed by atoms with van der Waals surface area (Å²) in [7, 11) is 3.56. The molecule has 0 spiro atoms. The fourth-order valence-electron chi connectivity index (χ4n) is 1.07. The van der Waals surface area contributed by atoms with E-state index in [1.165, 1.54) is 0 Å². The molecule has 1 amide bonds. The normalized spacial score (nSPS) is 12.7. The van der Waals surface area contributed by atoms with Crippen LogP contribution in [0.4, 0.5) is 0 Å². The van der Waals surface area contributed by atoms with E-state index in [2.05, 4.69) is 0 Å². The summed E-state index contributed by atoms with van der Waals surface area (Å²) in [4.78, 5) is 13.0. The number of nitrogens with zero attached hydrogens (tertiary/aromatic N) is 1. The van der Waals surface area contributed by atoms with Gasteiger partial charge in [-0.15, -0.1) is 0 Å². The van der Waals surface area contributed by atoms with Gasteiger partial charge in [0.25, 0.3) is 0 Å². The second-order valence-electron chi connectivity index (χ2n) is 2.92. The van der Waals surface area contributed by atoms with E-state index in [0.29, 0.717) is 6.54 Å². The van der Waals surface area contributed by atoms with Crippen LogP contribution in [0.5, 0.6) is 0 Å². The molecule has 0 aliphatic carbocycles. The molecule has 0 aromatic rings. The summed E-state index contributed by atoms with van der Waals surface area (Å²) in [5, 5.41) is 0. The van der Waals surface area contributed by atoms with Gasteiger partial charge in [-0.1, -0.05) is 6.92 Å². The zero-order chi connectivity index (χ0) is 8.85. The molecule has 0 bridgehead atoms. The first kappa shape index (κ1) is 10.4. The van der Waals surface area contributed by atoms with Gasteiger partial charge in [0.15, 0.2) is 0 Å².